The molecule has 20 heavy (non-hydrogen) atoms. The molecule has 0 aliphatic carbocycles. The molecule has 0 atom stereocenters. The summed E-state index contributed by atoms with van der Waals surface area (Å²) in [5.41, 5.74) is 1.33. The number of aromatic nitrogens is 1. The number of nitrogens with zero attached hydrogens (tertiary/aromatic N) is 1. The first-order valence-corrected chi connectivity index (χ1v) is 8.30. The Labute approximate surface area is 132 Å². The van der Waals surface area contributed by atoms with Gasteiger partial charge in [-0.3, -0.25) is 4.79 Å². The quantitative estimate of drug-likeness (QED) is 0.792. The van der Waals surface area contributed by atoms with Gasteiger partial charge < -0.3 is 5.11 Å². The van der Waals surface area contributed by atoms with Crippen LogP contribution in [0.15, 0.2) is 27.0 Å². The van der Waals surface area contributed by atoms with Crippen molar-refractivity contribution in [3.8, 4) is 0 Å². The van der Waals surface area contributed by atoms with Crippen molar-refractivity contribution < 1.29 is 14.3 Å². The topological polar surface area (TPSA) is 50.2 Å². The third-order valence-electron chi connectivity index (χ3n) is 2.54. The number of rotatable bonds is 5. The molecular weight excluding hydrogens is 365 g/mol. The summed E-state index contributed by atoms with van der Waals surface area (Å²) in [5, 5.41) is 8.79. The van der Waals surface area contributed by atoms with Gasteiger partial charge in [-0.05, 0) is 30.7 Å². The molecule has 2 rings (SSSR count). The van der Waals surface area contributed by atoms with Gasteiger partial charge in [-0.15, -0.1) is 11.3 Å². The molecule has 1 heterocycles. The van der Waals surface area contributed by atoms with Gasteiger partial charge in [-0.25, -0.2) is 9.37 Å². The van der Waals surface area contributed by atoms with Crippen LogP contribution in [0.2, 0.25) is 0 Å². The molecule has 0 amide bonds. The first kappa shape index (κ1) is 15.5. The van der Waals surface area contributed by atoms with Gasteiger partial charge in [0.1, 0.15) is 5.82 Å². The van der Waals surface area contributed by atoms with E-state index in [9.17, 15) is 9.18 Å². The van der Waals surface area contributed by atoms with Gasteiger partial charge in [-0.2, -0.15) is 0 Å². The molecule has 0 fully saturated rings. The lowest BCUT2D eigenvalue weighted by Crippen LogP contribution is -1.99. The standard InChI is InChI=1S/C13H11BrFNO2S2/c1-7-11(5-12(17)18)20-13(16-7)19-6-8-4-9(14)2-3-10(8)15/h2-4H,5-6H2,1H3,(H,17,18). The fraction of sp³-hybridized carbons (Fsp3) is 0.231. The zero-order valence-electron chi connectivity index (χ0n) is 10.5. The second kappa shape index (κ2) is 6.69. The smallest absolute Gasteiger partial charge is 0.308 e. The monoisotopic (exact) mass is 375 g/mol. The molecular formula is C13H11BrFNO2S2. The number of aliphatic carboxylic acids is 1. The van der Waals surface area contributed by atoms with Crippen molar-refractivity contribution in [3.05, 3.63) is 44.6 Å². The fourth-order valence-electron chi connectivity index (χ4n) is 1.56. The maximum absolute atomic E-state index is 13.6. The number of carboxylic acids is 1. The summed E-state index contributed by atoms with van der Waals surface area (Å²) in [4.78, 5) is 15.8. The SMILES string of the molecule is Cc1nc(SCc2cc(Br)ccc2F)sc1CC(=O)O. The van der Waals surface area contributed by atoms with E-state index in [-0.39, 0.29) is 12.2 Å². The molecule has 1 N–H and O–H groups in total. The number of halogens is 2. The summed E-state index contributed by atoms with van der Waals surface area (Å²) in [6.07, 6.45) is -0.0185. The van der Waals surface area contributed by atoms with Crippen molar-refractivity contribution in [3.63, 3.8) is 0 Å². The van der Waals surface area contributed by atoms with Crippen molar-refractivity contribution in [2.45, 2.75) is 23.4 Å². The third-order valence-corrected chi connectivity index (χ3v) is 5.39. The van der Waals surface area contributed by atoms with Gasteiger partial charge >= 0.3 is 5.97 Å². The van der Waals surface area contributed by atoms with Crippen molar-refractivity contribution in [1.29, 1.82) is 0 Å². The maximum atomic E-state index is 13.6. The number of thioether (sulfide) groups is 1. The molecule has 3 nitrogen and oxygen atoms in total. The molecule has 1 aromatic heterocycles. The molecule has 0 radical (unpaired) electrons. The summed E-state index contributed by atoms with van der Waals surface area (Å²) < 4.78 is 15.2. The van der Waals surface area contributed by atoms with Gasteiger partial charge in [0, 0.05) is 15.1 Å². The number of carboxylic acid groups (broad SMARTS) is 1. The average Bonchev–Trinajstić information content (AvgIpc) is 2.70. The van der Waals surface area contributed by atoms with Gasteiger partial charge in [-0.1, -0.05) is 27.7 Å². The zero-order valence-corrected chi connectivity index (χ0v) is 13.7. The lowest BCUT2D eigenvalue weighted by Gasteiger charge is -2.02. The van der Waals surface area contributed by atoms with E-state index in [0.29, 0.717) is 11.3 Å². The Balaban J connectivity index is 2.07. The van der Waals surface area contributed by atoms with Crippen LogP contribution in [0.3, 0.4) is 0 Å². The first-order chi connectivity index (χ1) is 9.45. The second-order valence-corrected chi connectivity index (χ2v) is 7.31. The summed E-state index contributed by atoms with van der Waals surface area (Å²) >= 11 is 6.08. The molecule has 0 bridgehead atoms. The van der Waals surface area contributed by atoms with Crippen LogP contribution in [-0.4, -0.2) is 16.1 Å². The minimum Gasteiger partial charge on any atom is -0.481 e. The largest absolute Gasteiger partial charge is 0.481 e. The molecule has 0 unspecified atom stereocenters. The van der Waals surface area contributed by atoms with E-state index < -0.39 is 5.97 Å². The third kappa shape index (κ3) is 4.04. The van der Waals surface area contributed by atoms with E-state index in [0.717, 1.165) is 19.4 Å². The predicted octanol–water partition coefficient (Wildman–Crippen LogP) is 4.27. The first-order valence-electron chi connectivity index (χ1n) is 5.70. The Morgan fingerprint density at radius 3 is 3.00 bits per heavy atom. The molecule has 106 valence electrons. The summed E-state index contributed by atoms with van der Waals surface area (Å²) in [6.45, 7) is 1.79. The minimum absolute atomic E-state index is 0.0185. The highest BCUT2D eigenvalue weighted by atomic mass is 79.9. The number of carbonyl (C=O) groups is 1. The lowest BCUT2D eigenvalue weighted by molar-refractivity contribution is -0.136. The van der Waals surface area contributed by atoms with Crippen LogP contribution in [0.1, 0.15) is 16.1 Å². The van der Waals surface area contributed by atoms with Crippen molar-refractivity contribution >= 4 is 45.0 Å². The maximum Gasteiger partial charge on any atom is 0.308 e. The van der Waals surface area contributed by atoms with Crippen molar-refractivity contribution in [1.82, 2.24) is 4.98 Å². The normalized spacial score (nSPS) is 10.8. The molecule has 0 aliphatic rings. The Bertz CT molecular complexity index is 645. The Hall–Kier alpha value is -0.920. The highest BCUT2D eigenvalue weighted by Crippen LogP contribution is 2.31. The molecule has 1 aromatic carbocycles. The van der Waals surface area contributed by atoms with E-state index in [1.165, 1.54) is 29.2 Å². The van der Waals surface area contributed by atoms with Gasteiger partial charge in [0.15, 0.2) is 4.34 Å². The van der Waals surface area contributed by atoms with Crippen LogP contribution in [0, 0.1) is 12.7 Å². The average molecular weight is 376 g/mol. The fourth-order valence-corrected chi connectivity index (χ4v) is 4.16. The van der Waals surface area contributed by atoms with E-state index in [2.05, 4.69) is 20.9 Å². The van der Waals surface area contributed by atoms with Gasteiger partial charge in [0.2, 0.25) is 0 Å². The molecule has 0 saturated heterocycles. The number of aryl methyl sites for hydroxylation is 1. The summed E-state index contributed by atoms with van der Waals surface area (Å²) in [5.74, 6) is -0.656. The van der Waals surface area contributed by atoms with E-state index >= 15 is 0 Å². The summed E-state index contributed by atoms with van der Waals surface area (Å²) in [6, 6.07) is 4.81. The van der Waals surface area contributed by atoms with Crippen LogP contribution in [-0.2, 0) is 17.0 Å². The molecule has 0 spiro atoms. The lowest BCUT2D eigenvalue weighted by atomic mass is 10.2. The zero-order chi connectivity index (χ0) is 14.7. The van der Waals surface area contributed by atoms with Gasteiger partial charge in [0.25, 0.3) is 0 Å². The molecule has 0 aliphatic heterocycles. The van der Waals surface area contributed by atoms with E-state index in [1.54, 1.807) is 19.1 Å². The van der Waals surface area contributed by atoms with Crippen LogP contribution < -0.4 is 0 Å². The van der Waals surface area contributed by atoms with Crippen molar-refractivity contribution in [2.24, 2.45) is 0 Å². The van der Waals surface area contributed by atoms with Gasteiger partial charge in [0.05, 0.1) is 12.1 Å². The number of thiazole rings is 1. The van der Waals surface area contributed by atoms with Crippen molar-refractivity contribution in [2.75, 3.05) is 0 Å². The van der Waals surface area contributed by atoms with E-state index in [1.807, 2.05) is 0 Å². The second-order valence-electron chi connectivity index (χ2n) is 4.08. The van der Waals surface area contributed by atoms with E-state index in [4.69, 9.17) is 5.11 Å². The molecule has 0 saturated carbocycles. The summed E-state index contributed by atoms with van der Waals surface area (Å²) in [7, 11) is 0. The highest BCUT2D eigenvalue weighted by molar-refractivity contribution is 9.10. The van der Waals surface area contributed by atoms with Crippen LogP contribution in [0.25, 0.3) is 0 Å². The number of hydrogen-bond donors (Lipinski definition) is 1. The van der Waals surface area contributed by atoms with Crippen LogP contribution in [0.4, 0.5) is 4.39 Å². The number of hydrogen-bond acceptors (Lipinski definition) is 4. The highest BCUT2D eigenvalue weighted by Gasteiger charge is 2.12. The van der Waals surface area contributed by atoms with Crippen LogP contribution >= 0.6 is 39.0 Å². The van der Waals surface area contributed by atoms with Crippen LogP contribution in [0.5, 0.6) is 0 Å². The molecule has 7 heteroatoms. The Morgan fingerprint density at radius 2 is 2.30 bits per heavy atom. The molecule has 2 aromatic rings. The number of benzene rings is 1. The Morgan fingerprint density at radius 1 is 1.55 bits per heavy atom. The Kier molecular flexibility index (Phi) is 5.17. The predicted molar refractivity (Wildman–Crippen MR) is 81.9 cm³/mol. The minimum atomic E-state index is -0.869.